The predicted molar refractivity (Wildman–Crippen MR) is 129 cm³/mol. The van der Waals surface area contributed by atoms with E-state index in [-0.39, 0.29) is 11.3 Å². The number of halogens is 2. The van der Waals surface area contributed by atoms with Gasteiger partial charge in [-0.05, 0) is 59.6 Å². The van der Waals surface area contributed by atoms with Gasteiger partial charge >= 0.3 is 5.97 Å². The molecular formula is C24H23BrClNO6. The number of benzene rings is 2. The highest BCUT2D eigenvalue weighted by Crippen LogP contribution is 2.39. The summed E-state index contributed by atoms with van der Waals surface area (Å²) in [5, 5.41) is 9.91. The molecule has 0 saturated carbocycles. The van der Waals surface area contributed by atoms with Crippen LogP contribution >= 0.6 is 27.5 Å². The number of carbonyl (C=O) groups is 1. The highest BCUT2D eigenvalue weighted by atomic mass is 79.9. The van der Waals surface area contributed by atoms with Crippen molar-refractivity contribution >= 4 is 44.5 Å². The van der Waals surface area contributed by atoms with Crippen molar-refractivity contribution < 1.29 is 23.8 Å². The molecule has 0 bridgehead atoms. The molecule has 174 valence electrons. The molecule has 3 aromatic rings. The van der Waals surface area contributed by atoms with Gasteiger partial charge in [-0.2, -0.15) is 0 Å². The number of hydrogen-bond acceptors (Lipinski definition) is 6. The topological polar surface area (TPSA) is 89.2 Å². The minimum atomic E-state index is -0.738. The maximum atomic E-state index is 12.7. The summed E-state index contributed by atoms with van der Waals surface area (Å²) >= 11 is 9.75. The van der Waals surface area contributed by atoms with Gasteiger partial charge < -0.3 is 23.9 Å². The molecule has 2 aromatic carbocycles. The van der Waals surface area contributed by atoms with Gasteiger partial charge in [-0.15, -0.1) is 0 Å². The van der Waals surface area contributed by atoms with E-state index in [1.807, 2.05) is 0 Å². The lowest BCUT2D eigenvalue weighted by molar-refractivity contribution is -0.141. The second kappa shape index (κ2) is 10.2. The molecule has 0 radical (unpaired) electrons. The molecule has 0 unspecified atom stereocenters. The molecule has 1 fully saturated rings. The predicted octanol–water partition coefficient (Wildman–Crippen LogP) is 5.06. The fraction of sp³-hybridized carbons (Fsp3) is 0.333. The van der Waals surface area contributed by atoms with E-state index in [4.69, 9.17) is 30.6 Å². The summed E-state index contributed by atoms with van der Waals surface area (Å²) in [5.74, 6) is 0.388. The quantitative estimate of drug-likeness (QED) is 0.403. The number of carboxylic acid groups (broad SMARTS) is 1. The van der Waals surface area contributed by atoms with E-state index in [0.717, 1.165) is 19.5 Å². The number of nitrogens with zero attached hydrogens (tertiary/aromatic N) is 1. The lowest BCUT2D eigenvalue weighted by atomic mass is 10.1. The summed E-state index contributed by atoms with van der Waals surface area (Å²) < 4.78 is 18.2. The number of aliphatic carboxylic acids is 1. The molecule has 1 N–H and O–H groups in total. The molecule has 7 nitrogen and oxygen atoms in total. The van der Waals surface area contributed by atoms with Crippen molar-refractivity contribution in [3.8, 4) is 22.8 Å². The van der Waals surface area contributed by atoms with Gasteiger partial charge in [0.05, 0.1) is 40.1 Å². The molecule has 0 spiro atoms. The normalized spacial score (nSPS) is 16.3. The van der Waals surface area contributed by atoms with E-state index in [1.54, 1.807) is 37.4 Å². The van der Waals surface area contributed by atoms with E-state index in [1.165, 1.54) is 6.07 Å². The number of rotatable bonds is 8. The Hall–Kier alpha value is -2.55. The van der Waals surface area contributed by atoms with E-state index in [9.17, 15) is 9.59 Å². The fourth-order valence-corrected chi connectivity index (χ4v) is 4.68. The van der Waals surface area contributed by atoms with Crippen LogP contribution in [0.15, 0.2) is 50.1 Å². The van der Waals surface area contributed by atoms with Crippen LogP contribution in [0.2, 0.25) is 5.02 Å². The van der Waals surface area contributed by atoms with Crippen LogP contribution in [-0.4, -0.2) is 49.3 Å². The van der Waals surface area contributed by atoms with Gasteiger partial charge in [0.2, 0.25) is 0 Å². The number of fused-ring (bicyclic) bond motifs is 1. The molecule has 4 rings (SSSR count). The summed E-state index contributed by atoms with van der Waals surface area (Å²) in [6.07, 6.45) is 1.40. The third-order valence-corrected chi connectivity index (χ3v) is 6.64. The third kappa shape index (κ3) is 5.18. The van der Waals surface area contributed by atoms with Crippen LogP contribution in [0.3, 0.4) is 0 Å². The van der Waals surface area contributed by atoms with Crippen molar-refractivity contribution in [1.29, 1.82) is 0 Å². The maximum Gasteiger partial charge on any atom is 0.307 e. The molecule has 33 heavy (non-hydrogen) atoms. The van der Waals surface area contributed by atoms with Crippen LogP contribution in [0.4, 0.5) is 0 Å². The second-order valence-electron chi connectivity index (χ2n) is 7.90. The molecule has 1 aliphatic heterocycles. The molecule has 9 heteroatoms. The Morgan fingerprint density at radius 1 is 1.30 bits per heavy atom. The first-order chi connectivity index (χ1) is 15.9. The first-order valence-corrected chi connectivity index (χ1v) is 11.7. The Balaban J connectivity index is 1.56. The average Bonchev–Trinajstić information content (AvgIpc) is 3.27. The largest absolute Gasteiger partial charge is 0.496 e. The van der Waals surface area contributed by atoms with Gasteiger partial charge in [0.1, 0.15) is 17.3 Å². The highest BCUT2D eigenvalue weighted by molar-refractivity contribution is 9.10. The van der Waals surface area contributed by atoms with E-state index in [0.29, 0.717) is 62.9 Å². The number of methoxy groups -OCH3 is 1. The molecule has 0 aliphatic carbocycles. The van der Waals surface area contributed by atoms with Crippen molar-refractivity contribution in [1.82, 2.24) is 4.90 Å². The summed E-state index contributed by atoms with van der Waals surface area (Å²) in [4.78, 5) is 26.0. The maximum absolute atomic E-state index is 12.7. The van der Waals surface area contributed by atoms with Crippen LogP contribution in [0, 0.1) is 5.92 Å². The number of likely N-dealkylation sites (tertiary alicyclic amines) is 1. The minimum absolute atomic E-state index is 0.205. The Labute approximate surface area is 204 Å². The number of ether oxygens (including phenoxy) is 2. The van der Waals surface area contributed by atoms with Gasteiger partial charge in [-0.3, -0.25) is 9.59 Å². The zero-order chi connectivity index (χ0) is 23.5. The molecule has 1 atom stereocenters. The third-order valence-electron chi connectivity index (χ3n) is 5.72. The van der Waals surface area contributed by atoms with Crippen molar-refractivity contribution in [2.24, 2.45) is 5.92 Å². The van der Waals surface area contributed by atoms with Gasteiger partial charge in [0, 0.05) is 19.2 Å². The van der Waals surface area contributed by atoms with E-state index >= 15 is 0 Å². The first kappa shape index (κ1) is 23.6. The van der Waals surface area contributed by atoms with E-state index < -0.39 is 5.97 Å². The molecule has 1 aromatic heterocycles. The fourth-order valence-electron chi connectivity index (χ4n) is 3.99. The zero-order valence-corrected chi connectivity index (χ0v) is 20.3. The Kier molecular flexibility index (Phi) is 7.26. The smallest absolute Gasteiger partial charge is 0.307 e. The van der Waals surface area contributed by atoms with E-state index in [2.05, 4.69) is 20.8 Å². The summed E-state index contributed by atoms with van der Waals surface area (Å²) in [5.41, 5.74) is 0.682. The Bertz CT molecular complexity index is 1240. The van der Waals surface area contributed by atoms with Crippen LogP contribution in [0.1, 0.15) is 12.8 Å². The molecule has 2 heterocycles. The Morgan fingerprint density at radius 3 is 2.85 bits per heavy atom. The van der Waals surface area contributed by atoms with Gasteiger partial charge in [-0.25, -0.2) is 0 Å². The molecule has 0 amide bonds. The second-order valence-corrected chi connectivity index (χ2v) is 9.16. The summed E-state index contributed by atoms with van der Waals surface area (Å²) in [6, 6.07) is 9.99. The minimum Gasteiger partial charge on any atom is -0.496 e. The zero-order valence-electron chi connectivity index (χ0n) is 18.0. The number of para-hydroxylation sites is 1. The highest BCUT2D eigenvalue weighted by Gasteiger charge is 2.27. The molecule has 1 saturated heterocycles. The van der Waals surface area contributed by atoms with Crippen LogP contribution < -0.4 is 14.9 Å². The molecule has 1 aliphatic rings. The molecular weight excluding hydrogens is 514 g/mol. The van der Waals surface area contributed by atoms with Crippen molar-refractivity contribution in [2.75, 3.05) is 33.4 Å². The van der Waals surface area contributed by atoms with Crippen LogP contribution in [0.25, 0.3) is 22.3 Å². The average molecular weight is 537 g/mol. The summed E-state index contributed by atoms with van der Waals surface area (Å²) in [7, 11) is 1.55. The lowest BCUT2D eigenvalue weighted by Crippen LogP contribution is -2.25. The number of hydrogen-bond donors (Lipinski definition) is 1. The van der Waals surface area contributed by atoms with Crippen LogP contribution in [-0.2, 0) is 4.79 Å². The van der Waals surface area contributed by atoms with Crippen molar-refractivity contribution in [3.05, 3.63) is 56.1 Å². The Morgan fingerprint density at radius 2 is 2.12 bits per heavy atom. The van der Waals surface area contributed by atoms with Gasteiger partial charge in [-0.1, -0.05) is 17.7 Å². The SMILES string of the molecule is COc1cc(-c2cc(=O)c3cccc(Cl)c3o2)c(OCCCN2CC[C@@H](C(=O)O)C2)cc1Br. The van der Waals surface area contributed by atoms with Crippen LogP contribution in [0.5, 0.6) is 11.5 Å². The monoisotopic (exact) mass is 535 g/mol. The summed E-state index contributed by atoms with van der Waals surface area (Å²) in [6.45, 7) is 2.51. The number of carboxylic acids is 1. The van der Waals surface area contributed by atoms with Crippen molar-refractivity contribution in [3.63, 3.8) is 0 Å². The van der Waals surface area contributed by atoms with Crippen molar-refractivity contribution in [2.45, 2.75) is 12.8 Å². The lowest BCUT2D eigenvalue weighted by Gasteiger charge is -2.17. The first-order valence-electron chi connectivity index (χ1n) is 10.6. The standard InChI is InChI=1S/C24H23BrClNO6/c1-31-22-10-16(21-12-19(28)15-4-2-5-18(26)23(15)33-21)20(11-17(22)25)32-9-3-7-27-8-6-14(13-27)24(29)30/h2,4-5,10-12,14H,3,6-9,13H2,1H3,(H,29,30)/t14-/m1/s1. The van der Waals surface area contributed by atoms with Gasteiger partial charge in [0.15, 0.2) is 11.0 Å². The van der Waals surface area contributed by atoms with Gasteiger partial charge in [0.25, 0.3) is 0 Å².